The lowest BCUT2D eigenvalue weighted by molar-refractivity contribution is 0.578. The van der Waals surface area contributed by atoms with Crippen molar-refractivity contribution in [3.63, 3.8) is 0 Å². The van der Waals surface area contributed by atoms with Crippen LogP contribution in [-0.2, 0) is 11.0 Å². The van der Waals surface area contributed by atoms with Gasteiger partial charge in [-0.1, -0.05) is 66.7 Å². The number of nitrogens with one attached hydrogen (secondary N) is 1. The van der Waals surface area contributed by atoms with Crippen molar-refractivity contribution in [2.75, 3.05) is 6.54 Å². The van der Waals surface area contributed by atoms with Gasteiger partial charge in [-0.05, 0) is 36.2 Å². The highest BCUT2D eigenvalue weighted by molar-refractivity contribution is 7.76. The van der Waals surface area contributed by atoms with Gasteiger partial charge >= 0.3 is 0 Å². The van der Waals surface area contributed by atoms with Gasteiger partial charge in [0.05, 0.1) is 0 Å². The summed E-state index contributed by atoms with van der Waals surface area (Å²) in [7, 11) is -2.81. The van der Waals surface area contributed by atoms with E-state index >= 15 is 0 Å². The maximum absolute atomic E-state index is 13.7. The van der Waals surface area contributed by atoms with Crippen molar-refractivity contribution in [3.05, 3.63) is 96.6 Å². The monoisotopic (exact) mass is 321 g/mol. The van der Waals surface area contributed by atoms with Crippen molar-refractivity contribution in [2.24, 2.45) is 0 Å². The average molecular weight is 321 g/mol. The van der Waals surface area contributed by atoms with Gasteiger partial charge in [0.1, 0.15) is 0 Å². The van der Waals surface area contributed by atoms with Gasteiger partial charge in [-0.2, -0.15) is 0 Å². The van der Waals surface area contributed by atoms with E-state index in [1.54, 1.807) is 0 Å². The van der Waals surface area contributed by atoms with Crippen LogP contribution >= 0.6 is 7.29 Å². The third-order valence-corrected chi connectivity index (χ3v) is 6.55. The Morgan fingerprint density at radius 3 is 1.57 bits per heavy atom. The van der Waals surface area contributed by atoms with Crippen LogP contribution in [0.15, 0.2) is 91.0 Å². The summed E-state index contributed by atoms with van der Waals surface area (Å²) in [6, 6.07) is 29.6. The third-order valence-electron chi connectivity index (χ3n) is 3.83. The summed E-state index contributed by atoms with van der Waals surface area (Å²) in [5, 5.41) is 5.03. The minimum absolute atomic E-state index is 0.672. The zero-order valence-electron chi connectivity index (χ0n) is 12.9. The molecule has 0 aromatic heterocycles. The smallest absolute Gasteiger partial charge is 0.204 e. The molecule has 23 heavy (non-hydrogen) atoms. The molecule has 0 unspecified atom stereocenters. The quantitative estimate of drug-likeness (QED) is 0.701. The second kappa shape index (κ2) is 7.41. The molecule has 3 aromatic carbocycles. The van der Waals surface area contributed by atoms with E-state index in [1.807, 2.05) is 78.9 Å². The molecular weight excluding hydrogens is 301 g/mol. The molecular formula is C20H20NOP. The zero-order chi connectivity index (χ0) is 16.0. The van der Waals surface area contributed by atoms with E-state index in [0.717, 1.165) is 17.0 Å². The second-order valence-electron chi connectivity index (χ2n) is 5.42. The number of rotatable bonds is 6. The third kappa shape index (κ3) is 3.79. The van der Waals surface area contributed by atoms with E-state index in [4.69, 9.17) is 0 Å². The van der Waals surface area contributed by atoms with Crippen LogP contribution in [0.3, 0.4) is 0 Å². The molecule has 0 aliphatic rings. The van der Waals surface area contributed by atoms with Gasteiger partial charge in [0.25, 0.3) is 0 Å². The molecule has 0 bridgehead atoms. The van der Waals surface area contributed by atoms with Crippen molar-refractivity contribution in [1.82, 2.24) is 5.09 Å². The molecule has 0 aliphatic heterocycles. The normalized spacial score (nSPS) is 11.3. The molecule has 3 aromatic rings. The van der Waals surface area contributed by atoms with E-state index in [0.29, 0.717) is 6.54 Å². The van der Waals surface area contributed by atoms with Crippen LogP contribution in [-0.4, -0.2) is 6.54 Å². The molecule has 0 aliphatic carbocycles. The highest BCUT2D eigenvalue weighted by Crippen LogP contribution is 2.38. The van der Waals surface area contributed by atoms with Crippen molar-refractivity contribution in [2.45, 2.75) is 6.42 Å². The lowest BCUT2D eigenvalue weighted by atomic mass is 10.2. The van der Waals surface area contributed by atoms with Crippen LogP contribution in [0.1, 0.15) is 5.56 Å². The predicted octanol–water partition coefficient (Wildman–Crippen LogP) is 3.75. The highest BCUT2D eigenvalue weighted by atomic mass is 31.2. The minimum atomic E-state index is -2.81. The first-order chi connectivity index (χ1) is 11.3. The Bertz CT molecular complexity index is 729. The lowest BCUT2D eigenvalue weighted by Gasteiger charge is -2.20. The second-order valence-corrected chi connectivity index (χ2v) is 7.99. The fourth-order valence-corrected chi connectivity index (χ4v) is 4.88. The van der Waals surface area contributed by atoms with Crippen LogP contribution in [0.25, 0.3) is 0 Å². The Hall–Kier alpha value is -2.15. The molecule has 3 heteroatoms. The number of hydrogen-bond donors (Lipinski definition) is 1. The van der Waals surface area contributed by atoms with Crippen molar-refractivity contribution in [1.29, 1.82) is 0 Å². The SMILES string of the molecule is O=P(NCCc1ccccc1)(c1ccccc1)c1ccccc1. The molecule has 0 heterocycles. The molecule has 0 spiro atoms. The van der Waals surface area contributed by atoms with Crippen LogP contribution in [0.4, 0.5) is 0 Å². The largest absolute Gasteiger partial charge is 0.297 e. The minimum Gasteiger partial charge on any atom is -0.297 e. The predicted molar refractivity (Wildman–Crippen MR) is 97.9 cm³/mol. The van der Waals surface area contributed by atoms with Gasteiger partial charge in [-0.3, -0.25) is 9.65 Å². The summed E-state index contributed by atoms with van der Waals surface area (Å²) >= 11 is 0. The van der Waals surface area contributed by atoms with Gasteiger partial charge < -0.3 is 0 Å². The summed E-state index contributed by atoms with van der Waals surface area (Å²) in [5.41, 5.74) is 1.24. The molecule has 0 saturated heterocycles. The van der Waals surface area contributed by atoms with Gasteiger partial charge in [0, 0.05) is 17.2 Å². The van der Waals surface area contributed by atoms with E-state index in [9.17, 15) is 4.57 Å². The Labute approximate surface area is 137 Å². The van der Waals surface area contributed by atoms with E-state index < -0.39 is 7.29 Å². The molecule has 3 rings (SSSR count). The zero-order valence-corrected chi connectivity index (χ0v) is 13.8. The highest BCUT2D eigenvalue weighted by Gasteiger charge is 2.26. The standard InChI is InChI=1S/C20H20NOP/c22-23(19-12-6-2-7-13-19,20-14-8-3-9-15-20)21-17-16-18-10-4-1-5-11-18/h1-15H,16-17H2,(H,21,22). The molecule has 0 saturated carbocycles. The molecule has 0 amide bonds. The molecule has 0 fully saturated rings. The van der Waals surface area contributed by atoms with E-state index in [2.05, 4.69) is 17.2 Å². The summed E-state index contributed by atoms with van der Waals surface area (Å²) in [4.78, 5) is 0. The van der Waals surface area contributed by atoms with Gasteiger partial charge in [-0.15, -0.1) is 0 Å². The first-order valence-corrected chi connectivity index (χ1v) is 9.50. The maximum atomic E-state index is 13.7. The summed E-state index contributed by atoms with van der Waals surface area (Å²) in [6.07, 6.45) is 0.852. The Kier molecular flexibility index (Phi) is 5.07. The first kappa shape index (κ1) is 15.7. The number of hydrogen-bond acceptors (Lipinski definition) is 1. The van der Waals surface area contributed by atoms with Crippen molar-refractivity contribution in [3.8, 4) is 0 Å². The maximum Gasteiger partial charge on any atom is 0.204 e. The molecule has 0 atom stereocenters. The first-order valence-electron chi connectivity index (χ1n) is 7.79. The Morgan fingerprint density at radius 2 is 1.09 bits per heavy atom. The van der Waals surface area contributed by atoms with Gasteiger partial charge in [0.15, 0.2) is 0 Å². The Morgan fingerprint density at radius 1 is 0.652 bits per heavy atom. The summed E-state index contributed by atoms with van der Waals surface area (Å²) < 4.78 is 13.7. The van der Waals surface area contributed by atoms with Crippen LogP contribution in [0.5, 0.6) is 0 Å². The topological polar surface area (TPSA) is 29.1 Å². The van der Waals surface area contributed by atoms with Crippen LogP contribution in [0.2, 0.25) is 0 Å². The van der Waals surface area contributed by atoms with Gasteiger partial charge in [-0.25, -0.2) is 0 Å². The molecule has 116 valence electrons. The fraction of sp³-hybridized carbons (Fsp3) is 0.100. The van der Waals surface area contributed by atoms with E-state index in [-0.39, 0.29) is 0 Å². The van der Waals surface area contributed by atoms with Crippen LogP contribution < -0.4 is 15.7 Å². The Balaban J connectivity index is 1.83. The summed E-state index contributed by atoms with van der Waals surface area (Å²) in [5.74, 6) is 0. The number of benzene rings is 3. The summed E-state index contributed by atoms with van der Waals surface area (Å²) in [6.45, 7) is 0.672. The van der Waals surface area contributed by atoms with Crippen molar-refractivity contribution >= 4 is 17.9 Å². The van der Waals surface area contributed by atoms with Crippen LogP contribution in [0, 0.1) is 0 Å². The average Bonchev–Trinajstić information content (AvgIpc) is 2.64. The van der Waals surface area contributed by atoms with E-state index in [1.165, 1.54) is 5.56 Å². The van der Waals surface area contributed by atoms with Crippen molar-refractivity contribution < 1.29 is 4.57 Å². The molecule has 2 nitrogen and oxygen atoms in total. The molecule has 1 N–H and O–H groups in total. The lowest BCUT2D eigenvalue weighted by Crippen LogP contribution is -2.28. The molecule has 0 radical (unpaired) electrons. The van der Waals surface area contributed by atoms with Gasteiger partial charge in [0.2, 0.25) is 7.29 Å². The fourth-order valence-electron chi connectivity index (χ4n) is 2.61.